The fourth-order valence-electron chi connectivity index (χ4n) is 3.81. The van der Waals surface area contributed by atoms with Gasteiger partial charge in [-0.05, 0) is 49.9 Å². The Labute approximate surface area is 181 Å². The molecule has 2 aromatic rings. The molecule has 1 amide bonds. The number of ether oxygens (including phenoxy) is 1. The van der Waals surface area contributed by atoms with Crippen molar-refractivity contribution in [2.75, 3.05) is 38.5 Å². The van der Waals surface area contributed by atoms with Crippen LogP contribution in [0.5, 0.6) is 0 Å². The van der Waals surface area contributed by atoms with Crippen LogP contribution in [0.1, 0.15) is 22.8 Å². The monoisotopic (exact) mass is 443 g/mol. The minimum atomic E-state index is -3.58. The van der Waals surface area contributed by atoms with Gasteiger partial charge in [0.25, 0.3) is 5.91 Å². The molecule has 0 spiro atoms. The van der Waals surface area contributed by atoms with E-state index in [0.717, 1.165) is 5.56 Å². The Kier molecular flexibility index (Phi) is 5.59. The van der Waals surface area contributed by atoms with Crippen molar-refractivity contribution in [3.8, 4) is 0 Å². The number of anilines is 1. The molecule has 0 bridgehead atoms. The first-order chi connectivity index (χ1) is 14.7. The molecule has 0 aromatic heterocycles. The van der Waals surface area contributed by atoms with Crippen molar-refractivity contribution in [3.63, 3.8) is 0 Å². The first kappa shape index (κ1) is 21.5. The number of carbonyl (C=O) groups excluding carboxylic acids is 2. The summed E-state index contributed by atoms with van der Waals surface area (Å²) in [5, 5.41) is 2.74. The number of nitrogens with zero attached hydrogens (tertiary/aromatic N) is 2. The third-order valence-electron chi connectivity index (χ3n) is 5.78. The number of hydrogen-bond acceptors (Lipinski definition) is 6. The van der Waals surface area contributed by atoms with Gasteiger partial charge in [-0.1, -0.05) is 18.2 Å². The number of fused-ring (bicyclic) bond motifs is 1. The summed E-state index contributed by atoms with van der Waals surface area (Å²) in [5.74, 6) is -1.00. The van der Waals surface area contributed by atoms with E-state index in [1.165, 1.54) is 16.4 Å². The average molecular weight is 444 g/mol. The van der Waals surface area contributed by atoms with Crippen LogP contribution < -0.4 is 5.32 Å². The zero-order valence-electron chi connectivity index (χ0n) is 17.5. The van der Waals surface area contributed by atoms with Gasteiger partial charge in [-0.2, -0.15) is 4.31 Å². The van der Waals surface area contributed by atoms with Crippen LogP contribution in [0.2, 0.25) is 0 Å². The Morgan fingerprint density at radius 2 is 1.68 bits per heavy atom. The lowest BCUT2D eigenvalue weighted by Gasteiger charge is -2.33. The molecule has 31 heavy (non-hydrogen) atoms. The number of benzene rings is 2. The molecule has 1 atom stereocenters. The van der Waals surface area contributed by atoms with Crippen molar-refractivity contribution in [2.24, 2.45) is 0 Å². The van der Waals surface area contributed by atoms with Crippen molar-refractivity contribution in [2.45, 2.75) is 23.8 Å². The maximum absolute atomic E-state index is 12.9. The average Bonchev–Trinajstić information content (AvgIpc) is 2.74. The van der Waals surface area contributed by atoms with E-state index in [0.29, 0.717) is 37.4 Å². The minimum Gasteiger partial charge on any atom is -0.445 e. The van der Waals surface area contributed by atoms with Crippen LogP contribution in [0.25, 0.3) is 0 Å². The van der Waals surface area contributed by atoms with Crippen molar-refractivity contribution in [1.29, 1.82) is 0 Å². The standard InChI is InChI=1S/C22H25N3O5S/c1-22(15-16-5-3-4-6-19(16)20(26)30-22)21(27)23-17-7-9-18(10-8-17)31(28,29)25-13-11-24(2)12-14-25/h3-10H,11-15H2,1-2H3,(H,23,27). The number of rotatable bonds is 4. The predicted molar refractivity (Wildman–Crippen MR) is 115 cm³/mol. The molecule has 2 aliphatic rings. The number of likely N-dealkylation sites (N-methyl/N-ethyl adjacent to an activating group) is 1. The number of cyclic esters (lactones) is 1. The normalized spacial score (nSPS) is 22.5. The van der Waals surface area contributed by atoms with Gasteiger partial charge in [-0.3, -0.25) is 4.79 Å². The van der Waals surface area contributed by atoms with Gasteiger partial charge in [-0.15, -0.1) is 0 Å². The second-order valence-electron chi connectivity index (χ2n) is 8.14. The summed E-state index contributed by atoms with van der Waals surface area (Å²) < 4.78 is 32.6. The van der Waals surface area contributed by atoms with E-state index in [1.54, 1.807) is 37.3 Å². The van der Waals surface area contributed by atoms with E-state index in [1.807, 2.05) is 13.1 Å². The maximum Gasteiger partial charge on any atom is 0.339 e. The summed E-state index contributed by atoms with van der Waals surface area (Å²) in [5.41, 5.74) is 0.297. The zero-order valence-corrected chi connectivity index (χ0v) is 18.3. The van der Waals surface area contributed by atoms with Gasteiger partial charge in [0.05, 0.1) is 10.5 Å². The molecule has 0 radical (unpaired) electrons. The van der Waals surface area contributed by atoms with E-state index >= 15 is 0 Å². The number of amides is 1. The van der Waals surface area contributed by atoms with Crippen LogP contribution in [0.15, 0.2) is 53.4 Å². The van der Waals surface area contributed by atoms with Crippen LogP contribution >= 0.6 is 0 Å². The summed E-state index contributed by atoms with van der Waals surface area (Å²) >= 11 is 0. The van der Waals surface area contributed by atoms with E-state index in [2.05, 4.69) is 10.2 Å². The van der Waals surface area contributed by atoms with Gasteiger partial charge in [-0.25, -0.2) is 13.2 Å². The fraction of sp³-hybridized carbons (Fsp3) is 0.364. The SMILES string of the molecule is CN1CCN(S(=O)(=O)c2ccc(NC(=O)C3(C)Cc4ccccc4C(=O)O3)cc2)CC1. The predicted octanol–water partition coefficient (Wildman–Crippen LogP) is 1.73. The van der Waals surface area contributed by atoms with Crippen molar-refractivity contribution < 1.29 is 22.7 Å². The largest absolute Gasteiger partial charge is 0.445 e. The van der Waals surface area contributed by atoms with E-state index in [-0.39, 0.29) is 11.3 Å². The van der Waals surface area contributed by atoms with Crippen LogP contribution in [-0.4, -0.2) is 68.3 Å². The van der Waals surface area contributed by atoms with Crippen molar-refractivity contribution >= 4 is 27.6 Å². The van der Waals surface area contributed by atoms with E-state index in [4.69, 9.17) is 4.74 Å². The third-order valence-corrected chi connectivity index (χ3v) is 7.69. The lowest BCUT2D eigenvalue weighted by atomic mass is 9.89. The van der Waals surface area contributed by atoms with Crippen molar-refractivity contribution in [1.82, 2.24) is 9.21 Å². The molecule has 164 valence electrons. The Hall–Kier alpha value is -2.75. The smallest absolute Gasteiger partial charge is 0.339 e. The van der Waals surface area contributed by atoms with Crippen LogP contribution in [0.4, 0.5) is 5.69 Å². The molecule has 2 aromatic carbocycles. The Morgan fingerprint density at radius 3 is 2.35 bits per heavy atom. The van der Waals surface area contributed by atoms with Gasteiger partial charge in [0.15, 0.2) is 5.60 Å². The lowest BCUT2D eigenvalue weighted by molar-refractivity contribution is -0.134. The van der Waals surface area contributed by atoms with Gasteiger partial charge < -0.3 is 15.0 Å². The highest BCUT2D eigenvalue weighted by molar-refractivity contribution is 7.89. The number of nitrogens with one attached hydrogen (secondary N) is 1. The molecular weight excluding hydrogens is 418 g/mol. The number of hydrogen-bond donors (Lipinski definition) is 1. The molecule has 1 unspecified atom stereocenters. The first-order valence-corrected chi connectivity index (χ1v) is 11.5. The lowest BCUT2D eigenvalue weighted by Crippen LogP contribution is -2.48. The second-order valence-corrected chi connectivity index (χ2v) is 10.1. The molecular formula is C22H25N3O5S. The molecule has 1 saturated heterocycles. The van der Waals surface area contributed by atoms with Crippen LogP contribution in [0.3, 0.4) is 0 Å². The summed E-state index contributed by atoms with van der Waals surface area (Å²) in [7, 11) is -1.62. The van der Waals surface area contributed by atoms with Crippen LogP contribution in [-0.2, 0) is 26.0 Å². The molecule has 4 rings (SSSR count). The highest BCUT2D eigenvalue weighted by Gasteiger charge is 2.42. The Balaban J connectivity index is 1.47. The number of carbonyl (C=O) groups is 2. The third kappa shape index (κ3) is 4.21. The Morgan fingerprint density at radius 1 is 1.03 bits per heavy atom. The van der Waals surface area contributed by atoms with Gasteiger partial charge in [0.2, 0.25) is 10.0 Å². The van der Waals surface area contributed by atoms with Gasteiger partial charge in [0.1, 0.15) is 0 Å². The molecule has 8 nitrogen and oxygen atoms in total. The van der Waals surface area contributed by atoms with Gasteiger partial charge >= 0.3 is 5.97 Å². The fourth-order valence-corrected chi connectivity index (χ4v) is 5.23. The summed E-state index contributed by atoms with van der Waals surface area (Å²) in [6.07, 6.45) is 0.261. The number of esters is 1. The molecule has 0 aliphatic carbocycles. The number of sulfonamides is 1. The second kappa shape index (κ2) is 8.07. The highest BCUT2D eigenvalue weighted by atomic mass is 32.2. The molecule has 9 heteroatoms. The molecule has 0 saturated carbocycles. The summed E-state index contributed by atoms with van der Waals surface area (Å²) in [4.78, 5) is 27.5. The minimum absolute atomic E-state index is 0.180. The Bertz CT molecular complexity index is 1110. The quantitative estimate of drug-likeness (QED) is 0.723. The summed E-state index contributed by atoms with van der Waals surface area (Å²) in [6, 6.07) is 13.1. The zero-order chi connectivity index (χ0) is 22.2. The molecule has 1 N–H and O–H groups in total. The summed E-state index contributed by atoms with van der Waals surface area (Å²) in [6.45, 7) is 3.84. The van der Waals surface area contributed by atoms with Gasteiger partial charge in [0, 0.05) is 38.3 Å². The van der Waals surface area contributed by atoms with E-state index < -0.39 is 27.5 Å². The number of piperazine rings is 1. The van der Waals surface area contributed by atoms with E-state index in [9.17, 15) is 18.0 Å². The molecule has 2 aliphatic heterocycles. The molecule has 1 fully saturated rings. The van der Waals surface area contributed by atoms with Crippen LogP contribution in [0, 0.1) is 0 Å². The van der Waals surface area contributed by atoms with Crippen molar-refractivity contribution in [3.05, 3.63) is 59.7 Å². The maximum atomic E-state index is 12.9. The molecule has 2 heterocycles. The first-order valence-electron chi connectivity index (χ1n) is 10.1. The highest BCUT2D eigenvalue weighted by Crippen LogP contribution is 2.29. The topological polar surface area (TPSA) is 96.0 Å².